The molecular weight excluding hydrogens is 520 g/mol. The minimum Gasteiger partial charge on any atom is -0.508 e. The molecule has 40 heavy (non-hydrogen) atoms. The minimum absolute atomic E-state index is 0.0254. The maximum atomic E-state index is 13.0. The van der Waals surface area contributed by atoms with E-state index < -0.39 is 41.0 Å². The number of hydrogen-bond acceptors (Lipinski definition) is 10. The predicted molar refractivity (Wildman–Crippen MR) is 139 cm³/mol. The summed E-state index contributed by atoms with van der Waals surface area (Å²) in [7, 11) is 0. The maximum Gasteiger partial charge on any atom is 0.211 e. The zero-order valence-corrected chi connectivity index (χ0v) is 20.7. The fourth-order valence-electron chi connectivity index (χ4n) is 4.88. The standard InChI is InChI=1S/C30H22O10/c31-16-5-1-14(2-6-16)23-11-20(34)27-19(33)9-18(10-25(27)39-23)38-30-22(36)13-26-28(29(30)37)21(35)12-24(40-26)15-3-7-17(32)8-4-15/h1-10,13,23-24,31-33,36-37H,11-12H2. The van der Waals surface area contributed by atoms with E-state index in [1.807, 2.05) is 0 Å². The Morgan fingerprint density at radius 2 is 1.12 bits per heavy atom. The number of Topliss-reactive ketones (excluding diaryl/α,β-unsaturated/α-hetero) is 2. The number of rotatable bonds is 4. The second-order valence-electron chi connectivity index (χ2n) is 9.51. The van der Waals surface area contributed by atoms with Gasteiger partial charge in [0.05, 0.1) is 12.8 Å². The van der Waals surface area contributed by atoms with Crippen LogP contribution < -0.4 is 14.2 Å². The summed E-state index contributed by atoms with van der Waals surface area (Å²) in [6, 6.07) is 15.9. The van der Waals surface area contributed by atoms with Crippen molar-refractivity contribution < 1.29 is 49.3 Å². The van der Waals surface area contributed by atoms with E-state index in [9.17, 15) is 35.1 Å². The number of hydrogen-bond donors (Lipinski definition) is 5. The molecule has 5 N–H and O–H groups in total. The number of ketones is 2. The predicted octanol–water partition coefficient (Wildman–Crippen LogP) is 5.42. The highest BCUT2D eigenvalue weighted by Gasteiger charge is 2.35. The van der Waals surface area contributed by atoms with Crippen LogP contribution in [-0.2, 0) is 0 Å². The summed E-state index contributed by atoms with van der Waals surface area (Å²) in [4.78, 5) is 25.8. The fraction of sp³-hybridized carbons (Fsp3) is 0.133. The largest absolute Gasteiger partial charge is 0.508 e. The van der Waals surface area contributed by atoms with E-state index in [0.717, 1.165) is 12.1 Å². The van der Waals surface area contributed by atoms with Crippen LogP contribution in [0.25, 0.3) is 0 Å². The lowest BCUT2D eigenvalue weighted by Crippen LogP contribution is -2.21. The van der Waals surface area contributed by atoms with Gasteiger partial charge in [-0.1, -0.05) is 24.3 Å². The van der Waals surface area contributed by atoms with Crippen LogP contribution in [-0.4, -0.2) is 37.1 Å². The second-order valence-corrected chi connectivity index (χ2v) is 9.51. The van der Waals surface area contributed by atoms with E-state index in [-0.39, 0.29) is 58.5 Å². The molecule has 4 aromatic carbocycles. The summed E-state index contributed by atoms with van der Waals surface area (Å²) in [5, 5.41) is 51.2. The molecule has 2 atom stereocenters. The van der Waals surface area contributed by atoms with Crippen LogP contribution in [0.5, 0.6) is 51.7 Å². The molecule has 2 heterocycles. The van der Waals surface area contributed by atoms with Gasteiger partial charge in [-0.2, -0.15) is 0 Å². The maximum absolute atomic E-state index is 13.0. The summed E-state index contributed by atoms with van der Waals surface area (Å²) < 4.78 is 17.5. The lowest BCUT2D eigenvalue weighted by Gasteiger charge is -2.27. The Kier molecular flexibility index (Phi) is 5.87. The van der Waals surface area contributed by atoms with E-state index in [1.54, 1.807) is 24.3 Å². The number of benzene rings is 4. The third-order valence-corrected chi connectivity index (χ3v) is 6.84. The molecule has 4 aromatic rings. The van der Waals surface area contributed by atoms with Gasteiger partial charge in [0.1, 0.15) is 57.8 Å². The van der Waals surface area contributed by atoms with Gasteiger partial charge in [0.15, 0.2) is 23.1 Å². The highest BCUT2D eigenvalue weighted by Crippen LogP contribution is 2.51. The number of ether oxygens (including phenoxy) is 3. The zero-order valence-electron chi connectivity index (χ0n) is 20.7. The normalized spacial score (nSPS) is 17.8. The highest BCUT2D eigenvalue weighted by molar-refractivity contribution is 6.04. The van der Waals surface area contributed by atoms with E-state index in [2.05, 4.69) is 0 Å². The van der Waals surface area contributed by atoms with Crippen molar-refractivity contribution in [1.82, 2.24) is 0 Å². The quantitative estimate of drug-likeness (QED) is 0.225. The Balaban J connectivity index is 1.31. The third kappa shape index (κ3) is 4.35. The van der Waals surface area contributed by atoms with Crippen LogP contribution in [0.3, 0.4) is 0 Å². The molecule has 0 amide bonds. The lowest BCUT2D eigenvalue weighted by molar-refractivity contribution is 0.0832. The number of fused-ring (bicyclic) bond motifs is 2. The topological polar surface area (TPSA) is 163 Å². The van der Waals surface area contributed by atoms with Gasteiger partial charge >= 0.3 is 0 Å². The van der Waals surface area contributed by atoms with Gasteiger partial charge in [-0.25, -0.2) is 0 Å². The molecular formula is C30H22O10. The number of phenolic OH excluding ortho intramolecular Hbond substituents is 5. The van der Waals surface area contributed by atoms with Gasteiger partial charge in [0.2, 0.25) is 5.75 Å². The summed E-state index contributed by atoms with van der Waals surface area (Å²) in [6.07, 6.45) is -1.52. The second kappa shape index (κ2) is 9.42. The first-order valence-electron chi connectivity index (χ1n) is 12.3. The first-order valence-corrected chi connectivity index (χ1v) is 12.3. The molecule has 10 heteroatoms. The van der Waals surface area contributed by atoms with Gasteiger partial charge < -0.3 is 39.7 Å². The average molecular weight is 542 g/mol. The molecule has 10 nitrogen and oxygen atoms in total. The van der Waals surface area contributed by atoms with Crippen LogP contribution in [0, 0.1) is 0 Å². The van der Waals surface area contributed by atoms with Crippen LogP contribution in [0.15, 0.2) is 66.7 Å². The Morgan fingerprint density at radius 3 is 1.68 bits per heavy atom. The Labute approximate surface area is 226 Å². The van der Waals surface area contributed by atoms with Crippen molar-refractivity contribution in [2.75, 3.05) is 0 Å². The molecule has 6 rings (SSSR count). The third-order valence-electron chi connectivity index (χ3n) is 6.84. The lowest BCUT2D eigenvalue weighted by atomic mass is 9.95. The summed E-state index contributed by atoms with van der Waals surface area (Å²) >= 11 is 0. The van der Waals surface area contributed by atoms with E-state index in [4.69, 9.17) is 14.2 Å². The number of carbonyl (C=O) groups excluding carboxylic acids is 2. The summed E-state index contributed by atoms with van der Waals surface area (Å²) in [5.74, 6) is -2.86. The van der Waals surface area contributed by atoms with Crippen molar-refractivity contribution in [2.45, 2.75) is 25.0 Å². The number of phenols is 5. The average Bonchev–Trinajstić information content (AvgIpc) is 2.91. The molecule has 2 aliphatic heterocycles. The number of carbonyl (C=O) groups is 2. The molecule has 2 unspecified atom stereocenters. The summed E-state index contributed by atoms with van der Waals surface area (Å²) in [5.41, 5.74) is 1.05. The van der Waals surface area contributed by atoms with Gasteiger partial charge in [0.25, 0.3) is 0 Å². The molecule has 0 spiro atoms. The molecule has 0 fully saturated rings. The van der Waals surface area contributed by atoms with Gasteiger partial charge in [0, 0.05) is 18.2 Å². The van der Waals surface area contributed by atoms with E-state index in [0.29, 0.717) is 11.1 Å². The highest BCUT2D eigenvalue weighted by atomic mass is 16.5. The fourth-order valence-corrected chi connectivity index (χ4v) is 4.88. The Bertz CT molecular complexity index is 1660. The monoisotopic (exact) mass is 542 g/mol. The van der Waals surface area contributed by atoms with Crippen molar-refractivity contribution in [3.05, 3.63) is 89.0 Å². The zero-order chi connectivity index (χ0) is 28.1. The molecule has 0 aromatic heterocycles. The number of aromatic hydroxyl groups is 5. The van der Waals surface area contributed by atoms with Crippen molar-refractivity contribution in [2.24, 2.45) is 0 Å². The van der Waals surface area contributed by atoms with Crippen LogP contribution >= 0.6 is 0 Å². The van der Waals surface area contributed by atoms with Crippen molar-refractivity contribution >= 4 is 11.6 Å². The molecule has 2 aliphatic rings. The van der Waals surface area contributed by atoms with E-state index in [1.165, 1.54) is 30.3 Å². The smallest absolute Gasteiger partial charge is 0.211 e. The van der Waals surface area contributed by atoms with Gasteiger partial charge in [-0.15, -0.1) is 0 Å². The van der Waals surface area contributed by atoms with Crippen LogP contribution in [0.2, 0.25) is 0 Å². The van der Waals surface area contributed by atoms with Gasteiger partial charge in [-0.3, -0.25) is 9.59 Å². The van der Waals surface area contributed by atoms with Crippen LogP contribution in [0.1, 0.15) is 56.9 Å². The molecule has 0 saturated heterocycles. The van der Waals surface area contributed by atoms with Crippen molar-refractivity contribution in [1.29, 1.82) is 0 Å². The molecule has 202 valence electrons. The Hall–Kier alpha value is -5.38. The first kappa shape index (κ1) is 24.9. The van der Waals surface area contributed by atoms with Crippen LogP contribution in [0.4, 0.5) is 0 Å². The first-order chi connectivity index (χ1) is 19.2. The van der Waals surface area contributed by atoms with E-state index >= 15 is 0 Å². The molecule has 0 saturated carbocycles. The minimum atomic E-state index is -0.694. The SMILES string of the molecule is O=C1CC(c2ccc(O)cc2)Oc2cc(Oc3c(O)cc4c(c3O)C(=O)CC(c3ccc(O)cc3)O4)cc(O)c21. The Morgan fingerprint density at radius 1 is 0.625 bits per heavy atom. The van der Waals surface area contributed by atoms with Crippen molar-refractivity contribution in [3.8, 4) is 51.7 Å². The molecule has 0 bridgehead atoms. The van der Waals surface area contributed by atoms with Gasteiger partial charge in [-0.05, 0) is 35.4 Å². The van der Waals surface area contributed by atoms with Crippen molar-refractivity contribution in [3.63, 3.8) is 0 Å². The summed E-state index contributed by atoms with van der Waals surface area (Å²) in [6.45, 7) is 0. The molecule has 0 aliphatic carbocycles. The molecule has 0 radical (unpaired) electrons.